The molecular formula is H24CuO20S2Zn. The van der Waals surface area contributed by atoms with Gasteiger partial charge in [-0.3, -0.25) is 16.8 Å². The number of rotatable bonds is 0. The van der Waals surface area contributed by atoms with E-state index in [0.29, 0.717) is 0 Å². The van der Waals surface area contributed by atoms with E-state index in [0.717, 1.165) is 0 Å². The second kappa shape index (κ2) is 76.4. The molecule has 0 aromatic heterocycles. The summed E-state index contributed by atoms with van der Waals surface area (Å²) in [6, 6.07) is 0. The van der Waals surface area contributed by atoms with Gasteiger partial charge in [0.25, 0.3) is 0 Å². The standard InChI is InChI=1S/Cu.2H2O4S.12H2O.Zn/c;2*1-5(2,3)4;;;;;;;;;;;;;/h;2*(H2,1,2,3,4);12*1H2;/q+2;;;;;;;;;;;;;;;+2/p-4. The van der Waals surface area contributed by atoms with Crippen LogP contribution in [0.15, 0.2) is 0 Å². The fraction of sp³-hybridized carbons (Fsp3) is 0. The molecule has 0 heterocycles. The molecule has 0 aliphatic heterocycles. The van der Waals surface area contributed by atoms with E-state index in [1.165, 1.54) is 0 Å². The fourth-order valence-corrected chi connectivity index (χ4v) is 0. The molecule has 0 aliphatic carbocycles. The Labute approximate surface area is 158 Å². The molecule has 0 aliphatic rings. The van der Waals surface area contributed by atoms with Crippen LogP contribution in [0.3, 0.4) is 0 Å². The maximum atomic E-state index is 8.52. The molecule has 0 bridgehead atoms. The van der Waals surface area contributed by atoms with Gasteiger partial charge in [-0.1, -0.05) is 0 Å². The van der Waals surface area contributed by atoms with Gasteiger partial charge in [0.15, 0.2) is 0 Å². The first kappa shape index (κ1) is 189. The summed E-state index contributed by atoms with van der Waals surface area (Å²) in [5.41, 5.74) is 0. The molecule has 0 aromatic carbocycles. The third kappa shape index (κ3) is 63200. The third-order valence-electron chi connectivity index (χ3n) is 0. The molecule has 0 fully saturated rings. The first-order chi connectivity index (χ1) is 4.00. The molecule has 1 radical (unpaired) electrons. The molecule has 0 spiro atoms. The zero-order chi connectivity index (χ0) is 9.00. The summed E-state index contributed by atoms with van der Waals surface area (Å²) >= 11 is 0. The van der Waals surface area contributed by atoms with Crippen molar-refractivity contribution in [3.63, 3.8) is 0 Å². The Morgan fingerprint density at radius 2 is 0.375 bits per heavy atom. The van der Waals surface area contributed by atoms with Crippen molar-refractivity contribution in [2.45, 2.75) is 0 Å². The predicted molar refractivity (Wildman–Crippen MR) is 64.3 cm³/mol. The largest absolute Gasteiger partial charge is 2.00 e. The Morgan fingerprint density at radius 1 is 0.375 bits per heavy atom. The first-order valence-electron chi connectivity index (χ1n) is 1.33. The Morgan fingerprint density at radius 3 is 0.375 bits per heavy atom. The van der Waals surface area contributed by atoms with Crippen molar-refractivity contribution in [1.82, 2.24) is 0 Å². The van der Waals surface area contributed by atoms with Crippen molar-refractivity contribution in [3.8, 4) is 0 Å². The summed E-state index contributed by atoms with van der Waals surface area (Å²) in [5.74, 6) is 0. The Balaban J connectivity index is -0.00000000241. The average Bonchev–Trinajstić information content (AvgIpc) is 1.12. The Kier molecular flexibility index (Phi) is 602. The zero-order valence-electron chi connectivity index (χ0n) is 11.1. The summed E-state index contributed by atoms with van der Waals surface area (Å²) in [5, 5.41) is 0. The van der Waals surface area contributed by atoms with Crippen molar-refractivity contribution in [2.75, 3.05) is 0 Å². The third-order valence-corrected chi connectivity index (χ3v) is 0. The van der Waals surface area contributed by atoms with Gasteiger partial charge in [-0.15, -0.1) is 0 Å². The molecule has 0 amide bonds. The topological polar surface area (TPSA) is 539 Å². The molecule has 0 saturated carbocycles. The summed E-state index contributed by atoms with van der Waals surface area (Å²) in [6.07, 6.45) is 0. The summed E-state index contributed by atoms with van der Waals surface area (Å²) < 4.78 is 68.2. The van der Waals surface area contributed by atoms with Gasteiger partial charge in [0.1, 0.15) is 0 Å². The van der Waals surface area contributed by atoms with Gasteiger partial charge < -0.3 is 83.9 Å². The normalized spacial score (nSPS) is 4.83. The molecule has 24 N–H and O–H groups in total. The van der Waals surface area contributed by atoms with Crippen molar-refractivity contribution in [2.24, 2.45) is 0 Å². The van der Waals surface area contributed by atoms with E-state index in [4.69, 9.17) is 35.0 Å². The minimum atomic E-state index is -5.17. The van der Waals surface area contributed by atoms with Crippen LogP contribution in [0.1, 0.15) is 0 Å². The molecule has 0 saturated heterocycles. The minimum Gasteiger partial charge on any atom is -0.759 e. The number of hydrogen-bond acceptors (Lipinski definition) is 8. The van der Waals surface area contributed by atoms with Crippen molar-refractivity contribution < 1.29 is 137 Å². The minimum absolute atomic E-state index is 0. The van der Waals surface area contributed by atoms with Crippen LogP contribution in [-0.2, 0) is 57.3 Å². The fourth-order valence-electron chi connectivity index (χ4n) is 0. The summed E-state index contributed by atoms with van der Waals surface area (Å²) in [7, 11) is -10.3. The van der Waals surface area contributed by atoms with E-state index in [-0.39, 0.29) is 102 Å². The summed E-state index contributed by atoms with van der Waals surface area (Å²) in [6.45, 7) is 0. The Bertz CT molecular complexity index is 218. The maximum absolute atomic E-state index is 8.52. The molecule has 0 atom stereocenters. The second-order valence-corrected chi connectivity index (χ2v) is 2.45. The monoisotopic (exact) mass is 535 g/mol. The van der Waals surface area contributed by atoms with Crippen molar-refractivity contribution in [3.05, 3.63) is 0 Å². The average molecular weight is 537 g/mol. The smallest absolute Gasteiger partial charge is 0.759 e. The molecular weight excluding hydrogens is 513 g/mol. The van der Waals surface area contributed by atoms with Crippen LogP contribution in [0.25, 0.3) is 0 Å². The van der Waals surface area contributed by atoms with Gasteiger partial charge in [0, 0.05) is 20.8 Å². The molecule has 20 nitrogen and oxygen atoms in total. The van der Waals surface area contributed by atoms with Crippen LogP contribution >= 0.6 is 0 Å². The molecule has 24 heteroatoms. The van der Waals surface area contributed by atoms with Crippen molar-refractivity contribution in [1.29, 1.82) is 0 Å². The van der Waals surface area contributed by atoms with Crippen LogP contribution < -0.4 is 0 Å². The molecule has 0 aromatic rings. The molecule has 24 heavy (non-hydrogen) atoms. The van der Waals surface area contributed by atoms with E-state index < -0.39 is 20.8 Å². The van der Waals surface area contributed by atoms with Crippen LogP contribution in [-0.4, -0.2) is 101 Å². The van der Waals surface area contributed by atoms with Gasteiger partial charge in [0.05, 0.1) is 0 Å². The van der Waals surface area contributed by atoms with Gasteiger partial charge in [0.2, 0.25) is 0 Å². The van der Waals surface area contributed by atoms with E-state index in [9.17, 15) is 0 Å². The van der Waals surface area contributed by atoms with Crippen LogP contribution in [0.2, 0.25) is 0 Å². The molecule has 0 unspecified atom stereocenters. The van der Waals surface area contributed by atoms with Gasteiger partial charge in [-0.05, 0) is 0 Å². The van der Waals surface area contributed by atoms with Crippen LogP contribution in [0.5, 0.6) is 0 Å². The Hall–Kier alpha value is 0.403. The number of hydrogen-bond donors (Lipinski definition) is 0. The van der Waals surface area contributed by atoms with Gasteiger partial charge in [-0.2, -0.15) is 0 Å². The quantitative estimate of drug-likeness (QED) is 0.162. The first-order valence-corrected chi connectivity index (χ1v) is 4.00. The zero-order valence-corrected chi connectivity index (χ0v) is 16.6. The second-order valence-electron chi connectivity index (χ2n) is 0.816. The molecule has 169 valence electrons. The van der Waals surface area contributed by atoms with Crippen LogP contribution in [0.4, 0.5) is 0 Å². The maximum Gasteiger partial charge on any atom is 2.00 e. The van der Waals surface area contributed by atoms with E-state index >= 15 is 0 Å². The van der Waals surface area contributed by atoms with Gasteiger partial charge >= 0.3 is 36.5 Å². The summed E-state index contributed by atoms with van der Waals surface area (Å²) in [4.78, 5) is 0. The SMILES string of the molecule is O.O.O.O.O.O.O.O.O.O.O.O.O=S(=O)([O-])[O-].O=S(=O)([O-])[O-].[Cu+2].[Zn+2]. The van der Waals surface area contributed by atoms with E-state index in [1.807, 2.05) is 0 Å². The predicted octanol–water partition coefficient (Wildman–Crippen LogP) is -12.6. The van der Waals surface area contributed by atoms with E-state index in [2.05, 4.69) is 0 Å². The van der Waals surface area contributed by atoms with Crippen LogP contribution in [0, 0.1) is 0 Å². The van der Waals surface area contributed by atoms with Gasteiger partial charge in [-0.25, -0.2) is 0 Å². The van der Waals surface area contributed by atoms with E-state index in [1.54, 1.807) is 0 Å². The molecule has 0 rings (SSSR count). The van der Waals surface area contributed by atoms with Crippen molar-refractivity contribution >= 4 is 20.8 Å².